The van der Waals surface area contributed by atoms with Crippen LogP contribution < -0.4 is 0 Å². The van der Waals surface area contributed by atoms with Crippen LogP contribution in [0.1, 0.15) is 49.7 Å². The predicted octanol–water partition coefficient (Wildman–Crippen LogP) is 3.43. The zero-order valence-electron chi connectivity index (χ0n) is 11.9. The number of fused-ring (bicyclic) bond motifs is 3. The highest BCUT2D eigenvalue weighted by Crippen LogP contribution is 2.51. The maximum atomic E-state index is 12.0. The molecule has 104 valence electrons. The van der Waals surface area contributed by atoms with Crippen LogP contribution in [0.3, 0.4) is 0 Å². The van der Waals surface area contributed by atoms with Crippen molar-refractivity contribution in [1.82, 2.24) is 0 Å². The molecule has 2 heteroatoms. The molecule has 1 aromatic rings. The second-order valence-corrected chi connectivity index (χ2v) is 6.57. The van der Waals surface area contributed by atoms with E-state index in [4.69, 9.17) is 6.42 Å². The molecular formula is C18H20O2. The number of aromatic hydroxyl groups is 1. The summed E-state index contributed by atoms with van der Waals surface area (Å²) in [5.74, 6) is 3.71. The van der Waals surface area contributed by atoms with Gasteiger partial charge in [-0.15, -0.1) is 6.42 Å². The molecule has 0 amide bonds. The zero-order valence-corrected chi connectivity index (χ0v) is 11.9. The number of phenols is 1. The highest BCUT2D eigenvalue weighted by Gasteiger charge is 2.43. The molecule has 1 fully saturated rings. The third-order valence-electron chi connectivity index (χ3n) is 5.28. The van der Waals surface area contributed by atoms with Crippen molar-refractivity contribution >= 4 is 5.78 Å². The number of hydrogen-bond acceptors (Lipinski definition) is 2. The van der Waals surface area contributed by atoms with E-state index in [1.54, 1.807) is 6.07 Å². The zero-order chi connectivity index (χ0) is 14.3. The number of carbonyl (C=O) groups excluding carboxylic acids is 1. The third-order valence-corrected chi connectivity index (χ3v) is 5.28. The molecule has 1 saturated carbocycles. The summed E-state index contributed by atoms with van der Waals surface area (Å²) in [7, 11) is 0. The summed E-state index contributed by atoms with van der Waals surface area (Å²) in [5, 5.41) is 9.61. The van der Waals surface area contributed by atoms with Gasteiger partial charge in [-0.25, -0.2) is 0 Å². The molecule has 0 bridgehead atoms. The average molecular weight is 268 g/mol. The first-order valence-electron chi connectivity index (χ1n) is 7.36. The van der Waals surface area contributed by atoms with Gasteiger partial charge < -0.3 is 5.11 Å². The molecule has 20 heavy (non-hydrogen) atoms. The number of phenolic OH excluding ortho intramolecular Hbond substituents is 1. The molecule has 0 saturated heterocycles. The molecule has 3 atom stereocenters. The summed E-state index contributed by atoms with van der Waals surface area (Å²) in [6.45, 7) is 2.03. The molecule has 0 spiro atoms. The molecule has 0 aromatic heterocycles. The Hall–Kier alpha value is -1.75. The van der Waals surface area contributed by atoms with Crippen LogP contribution in [0.25, 0.3) is 0 Å². The van der Waals surface area contributed by atoms with Crippen molar-refractivity contribution < 1.29 is 9.90 Å². The minimum absolute atomic E-state index is 0.0348. The van der Waals surface area contributed by atoms with Crippen LogP contribution in [0.15, 0.2) is 18.2 Å². The molecule has 2 nitrogen and oxygen atoms in total. The molecule has 1 N–H and O–H groups in total. The minimum atomic E-state index is -0.329. The Labute approximate surface area is 120 Å². The average Bonchev–Trinajstić information content (AvgIpc) is 2.45. The van der Waals surface area contributed by atoms with Gasteiger partial charge in [-0.3, -0.25) is 4.79 Å². The van der Waals surface area contributed by atoms with E-state index in [1.807, 2.05) is 13.0 Å². The number of hydrogen-bond donors (Lipinski definition) is 1. The maximum Gasteiger partial charge on any atom is 0.211 e. The van der Waals surface area contributed by atoms with Crippen molar-refractivity contribution in [2.45, 2.75) is 44.9 Å². The first-order chi connectivity index (χ1) is 9.53. The quantitative estimate of drug-likeness (QED) is 0.626. The number of terminal acetylenes is 1. The molecule has 3 rings (SSSR count). The molecule has 0 aliphatic heterocycles. The molecule has 0 heterocycles. The molecule has 0 radical (unpaired) electrons. The Morgan fingerprint density at radius 2 is 2.25 bits per heavy atom. The number of Topliss-reactive ketones (excluding diaryl/α,β-unsaturated/α-hetero) is 1. The van der Waals surface area contributed by atoms with Gasteiger partial charge in [0.2, 0.25) is 5.78 Å². The lowest BCUT2D eigenvalue weighted by molar-refractivity contribution is -0.125. The second-order valence-electron chi connectivity index (χ2n) is 6.57. The monoisotopic (exact) mass is 268 g/mol. The SMILES string of the molecule is C#CC(=O)C1(C)CCC2c3ccc(O)cc3CCC2C1. The highest BCUT2D eigenvalue weighted by atomic mass is 16.3. The standard InChI is InChI=1S/C18H20O2/c1-3-17(20)18(2)9-8-16-13(11-18)5-4-12-10-14(19)6-7-15(12)16/h1,6-7,10,13,16,19H,4-5,8-9,11H2,2H3. The van der Waals surface area contributed by atoms with Gasteiger partial charge in [-0.2, -0.15) is 0 Å². The summed E-state index contributed by atoms with van der Waals surface area (Å²) in [6.07, 6.45) is 10.2. The Morgan fingerprint density at radius 3 is 3.00 bits per heavy atom. The van der Waals surface area contributed by atoms with Crippen molar-refractivity contribution in [2.24, 2.45) is 11.3 Å². The van der Waals surface area contributed by atoms with E-state index in [2.05, 4.69) is 12.0 Å². The van der Waals surface area contributed by atoms with Crippen molar-refractivity contribution in [3.8, 4) is 18.1 Å². The van der Waals surface area contributed by atoms with E-state index in [9.17, 15) is 9.90 Å². The minimum Gasteiger partial charge on any atom is -0.508 e. The van der Waals surface area contributed by atoms with Crippen LogP contribution >= 0.6 is 0 Å². The van der Waals surface area contributed by atoms with E-state index in [0.29, 0.717) is 17.6 Å². The van der Waals surface area contributed by atoms with Crippen molar-refractivity contribution in [3.63, 3.8) is 0 Å². The summed E-state index contributed by atoms with van der Waals surface area (Å²) in [6, 6.07) is 5.74. The first-order valence-corrected chi connectivity index (χ1v) is 7.36. The number of aryl methyl sites for hydroxylation is 1. The fourth-order valence-electron chi connectivity index (χ4n) is 4.14. The smallest absolute Gasteiger partial charge is 0.211 e. The molecule has 2 aliphatic carbocycles. The predicted molar refractivity (Wildman–Crippen MR) is 78.5 cm³/mol. The molecular weight excluding hydrogens is 248 g/mol. The summed E-state index contributed by atoms with van der Waals surface area (Å²) in [5.41, 5.74) is 2.32. The van der Waals surface area contributed by atoms with Crippen LogP contribution in [0.2, 0.25) is 0 Å². The second kappa shape index (κ2) is 4.66. The Balaban J connectivity index is 1.88. The summed E-state index contributed by atoms with van der Waals surface area (Å²) >= 11 is 0. The van der Waals surface area contributed by atoms with Crippen molar-refractivity contribution in [1.29, 1.82) is 0 Å². The summed E-state index contributed by atoms with van der Waals surface area (Å²) in [4.78, 5) is 12.0. The van der Waals surface area contributed by atoms with E-state index in [-0.39, 0.29) is 11.2 Å². The third kappa shape index (κ3) is 2.02. The van der Waals surface area contributed by atoms with Gasteiger partial charge in [-0.1, -0.05) is 13.0 Å². The van der Waals surface area contributed by atoms with E-state index < -0.39 is 0 Å². The van der Waals surface area contributed by atoms with Gasteiger partial charge in [0.25, 0.3) is 0 Å². The largest absolute Gasteiger partial charge is 0.508 e. The van der Waals surface area contributed by atoms with Gasteiger partial charge in [0.15, 0.2) is 0 Å². The first kappa shape index (κ1) is 13.2. The van der Waals surface area contributed by atoms with E-state index in [1.165, 1.54) is 11.1 Å². The Bertz CT molecular complexity index is 596. The Kier molecular flexibility index (Phi) is 3.09. The van der Waals surface area contributed by atoms with Gasteiger partial charge in [0.05, 0.1) is 0 Å². The Morgan fingerprint density at radius 1 is 1.45 bits per heavy atom. The van der Waals surface area contributed by atoms with Gasteiger partial charge in [0.1, 0.15) is 5.75 Å². The van der Waals surface area contributed by atoms with Gasteiger partial charge >= 0.3 is 0 Å². The van der Waals surface area contributed by atoms with Gasteiger partial charge in [0, 0.05) is 5.41 Å². The van der Waals surface area contributed by atoms with E-state index in [0.717, 1.165) is 32.1 Å². The van der Waals surface area contributed by atoms with Crippen molar-refractivity contribution in [2.75, 3.05) is 0 Å². The lowest BCUT2D eigenvalue weighted by Gasteiger charge is -2.44. The number of ketones is 1. The molecule has 1 aromatic carbocycles. The van der Waals surface area contributed by atoms with E-state index >= 15 is 0 Å². The van der Waals surface area contributed by atoms with Gasteiger partial charge in [-0.05, 0) is 73.1 Å². The fourth-order valence-corrected chi connectivity index (χ4v) is 4.14. The highest BCUT2D eigenvalue weighted by molar-refractivity contribution is 5.99. The summed E-state index contributed by atoms with van der Waals surface area (Å²) < 4.78 is 0. The van der Waals surface area contributed by atoms with Crippen LogP contribution in [0.5, 0.6) is 5.75 Å². The van der Waals surface area contributed by atoms with Crippen molar-refractivity contribution in [3.05, 3.63) is 29.3 Å². The van der Waals surface area contributed by atoms with Crippen LogP contribution in [0.4, 0.5) is 0 Å². The van der Waals surface area contributed by atoms with Crippen LogP contribution in [0, 0.1) is 23.7 Å². The topological polar surface area (TPSA) is 37.3 Å². The fraction of sp³-hybridized carbons (Fsp3) is 0.500. The number of carbonyl (C=O) groups is 1. The lowest BCUT2D eigenvalue weighted by Crippen LogP contribution is -2.38. The van der Waals surface area contributed by atoms with Crippen LogP contribution in [-0.4, -0.2) is 10.9 Å². The van der Waals surface area contributed by atoms with Crippen LogP contribution in [-0.2, 0) is 11.2 Å². The molecule has 2 aliphatic rings. The lowest BCUT2D eigenvalue weighted by atomic mass is 9.59. The number of benzene rings is 1. The normalized spacial score (nSPS) is 31.8. The maximum absolute atomic E-state index is 12.0. The molecule has 3 unspecified atom stereocenters. The number of rotatable bonds is 1.